The summed E-state index contributed by atoms with van der Waals surface area (Å²) in [6.07, 6.45) is 1.65. The van der Waals surface area contributed by atoms with Crippen LogP contribution < -0.4 is 5.32 Å². The Labute approximate surface area is 141 Å². The van der Waals surface area contributed by atoms with Crippen LogP contribution in [0.3, 0.4) is 0 Å². The van der Waals surface area contributed by atoms with Gasteiger partial charge >= 0.3 is 0 Å². The van der Waals surface area contributed by atoms with E-state index < -0.39 is 0 Å². The highest BCUT2D eigenvalue weighted by Crippen LogP contribution is 2.28. The topological polar surface area (TPSA) is 52.7 Å². The molecule has 0 bridgehead atoms. The summed E-state index contributed by atoms with van der Waals surface area (Å²) in [5, 5.41) is 4.02. The maximum absolute atomic E-state index is 13.1. The molecule has 2 heterocycles. The number of piperazine rings is 1. The van der Waals surface area contributed by atoms with Gasteiger partial charge in [0, 0.05) is 38.1 Å². The number of likely N-dealkylation sites (tertiary alicyclic amines) is 1. The van der Waals surface area contributed by atoms with E-state index in [2.05, 4.69) is 5.32 Å². The molecule has 2 fully saturated rings. The molecular weight excluding hydrogens is 314 g/mol. The number of carbonyl (C=O) groups is 2. The summed E-state index contributed by atoms with van der Waals surface area (Å²) in [5.74, 6) is 0.0412. The van der Waals surface area contributed by atoms with E-state index in [4.69, 9.17) is 11.6 Å². The number of benzene rings is 1. The third-order valence-electron chi connectivity index (χ3n) is 4.70. The zero-order chi connectivity index (χ0) is 16.4. The average molecular weight is 336 g/mol. The Morgan fingerprint density at radius 1 is 1.26 bits per heavy atom. The van der Waals surface area contributed by atoms with E-state index >= 15 is 0 Å². The fraction of sp³-hybridized carbons (Fsp3) is 0.529. The van der Waals surface area contributed by atoms with Crippen LogP contribution in [0.1, 0.15) is 31.4 Å². The molecule has 124 valence electrons. The number of amides is 2. The Balaban J connectivity index is 1.83. The molecule has 6 heteroatoms. The van der Waals surface area contributed by atoms with Crippen molar-refractivity contribution in [2.24, 2.45) is 0 Å². The van der Waals surface area contributed by atoms with Crippen LogP contribution in [-0.2, 0) is 9.59 Å². The summed E-state index contributed by atoms with van der Waals surface area (Å²) in [5.41, 5.74) is 1.03. The number of halogens is 1. The lowest BCUT2D eigenvalue weighted by Crippen LogP contribution is -2.54. The zero-order valence-electron chi connectivity index (χ0n) is 13.3. The van der Waals surface area contributed by atoms with Gasteiger partial charge in [-0.25, -0.2) is 0 Å². The van der Waals surface area contributed by atoms with Gasteiger partial charge in [0.15, 0.2) is 0 Å². The minimum atomic E-state index is -0.313. The molecule has 0 radical (unpaired) electrons. The molecule has 2 unspecified atom stereocenters. The second-order valence-electron chi connectivity index (χ2n) is 6.18. The first-order valence-corrected chi connectivity index (χ1v) is 8.49. The standard InChI is InChI=1S/C17H22ClN3O2/c1-12(22)20-8-3-6-15(20)17(23)21-9-7-19-11-16(21)13-4-2-5-14(18)10-13/h2,4-5,10,15-16,19H,3,6-9,11H2,1H3. The van der Waals surface area contributed by atoms with Gasteiger partial charge in [0.2, 0.25) is 11.8 Å². The summed E-state index contributed by atoms with van der Waals surface area (Å²) < 4.78 is 0. The minimum Gasteiger partial charge on any atom is -0.331 e. The number of nitrogens with zero attached hydrogens (tertiary/aromatic N) is 2. The van der Waals surface area contributed by atoms with E-state index in [9.17, 15) is 9.59 Å². The highest BCUT2D eigenvalue weighted by Gasteiger charge is 2.38. The Morgan fingerprint density at radius 3 is 2.83 bits per heavy atom. The number of carbonyl (C=O) groups excluding carboxylic acids is 2. The van der Waals surface area contributed by atoms with Crippen molar-refractivity contribution in [3.63, 3.8) is 0 Å². The van der Waals surface area contributed by atoms with Crippen molar-refractivity contribution < 1.29 is 9.59 Å². The van der Waals surface area contributed by atoms with Gasteiger partial charge in [0.1, 0.15) is 6.04 Å². The molecule has 2 aliphatic heterocycles. The Hall–Kier alpha value is -1.59. The Morgan fingerprint density at radius 2 is 2.09 bits per heavy atom. The molecular formula is C17H22ClN3O2. The van der Waals surface area contributed by atoms with E-state index in [1.54, 1.807) is 4.90 Å². The van der Waals surface area contributed by atoms with E-state index in [-0.39, 0.29) is 23.9 Å². The minimum absolute atomic E-state index is 0.0183. The van der Waals surface area contributed by atoms with Crippen molar-refractivity contribution in [3.8, 4) is 0 Å². The summed E-state index contributed by atoms with van der Waals surface area (Å²) in [7, 11) is 0. The van der Waals surface area contributed by atoms with Gasteiger partial charge in [-0.1, -0.05) is 23.7 Å². The molecule has 1 aromatic rings. The average Bonchev–Trinajstić information content (AvgIpc) is 3.04. The lowest BCUT2D eigenvalue weighted by molar-refractivity contribution is -0.145. The fourth-order valence-corrected chi connectivity index (χ4v) is 3.77. The van der Waals surface area contributed by atoms with Gasteiger partial charge in [-0.3, -0.25) is 9.59 Å². The van der Waals surface area contributed by atoms with Gasteiger partial charge in [0.05, 0.1) is 6.04 Å². The molecule has 23 heavy (non-hydrogen) atoms. The van der Waals surface area contributed by atoms with Crippen molar-refractivity contribution in [1.82, 2.24) is 15.1 Å². The van der Waals surface area contributed by atoms with E-state index in [1.165, 1.54) is 6.92 Å². The van der Waals surface area contributed by atoms with Crippen LogP contribution >= 0.6 is 11.6 Å². The fourth-order valence-electron chi connectivity index (χ4n) is 3.57. The van der Waals surface area contributed by atoms with E-state index in [0.29, 0.717) is 24.7 Å². The van der Waals surface area contributed by atoms with Gasteiger partial charge in [-0.15, -0.1) is 0 Å². The van der Waals surface area contributed by atoms with Crippen LogP contribution in [0.15, 0.2) is 24.3 Å². The van der Waals surface area contributed by atoms with Crippen molar-refractivity contribution >= 4 is 23.4 Å². The predicted octanol–water partition coefficient (Wildman–Crippen LogP) is 1.82. The zero-order valence-corrected chi connectivity index (χ0v) is 14.1. The number of rotatable bonds is 2. The lowest BCUT2D eigenvalue weighted by Gasteiger charge is -2.39. The molecule has 2 amide bonds. The second-order valence-corrected chi connectivity index (χ2v) is 6.61. The quantitative estimate of drug-likeness (QED) is 0.897. The molecule has 0 saturated carbocycles. The first-order chi connectivity index (χ1) is 11.1. The Bertz CT molecular complexity index is 607. The molecule has 5 nitrogen and oxygen atoms in total. The maximum atomic E-state index is 13.1. The van der Waals surface area contributed by atoms with Gasteiger partial charge in [0.25, 0.3) is 0 Å². The summed E-state index contributed by atoms with van der Waals surface area (Å²) in [4.78, 5) is 28.4. The second kappa shape index (κ2) is 6.89. The summed E-state index contributed by atoms with van der Waals surface area (Å²) >= 11 is 6.11. The van der Waals surface area contributed by atoms with Gasteiger partial charge in [-0.05, 0) is 30.5 Å². The number of hydrogen-bond donors (Lipinski definition) is 1. The number of nitrogens with one attached hydrogen (secondary N) is 1. The molecule has 1 N–H and O–H groups in total. The summed E-state index contributed by atoms with van der Waals surface area (Å²) in [6.45, 7) is 4.35. The van der Waals surface area contributed by atoms with Gasteiger partial charge in [-0.2, -0.15) is 0 Å². The largest absolute Gasteiger partial charge is 0.331 e. The van der Waals surface area contributed by atoms with Crippen molar-refractivity contribution in [2.75, 3.05) is 26.2 Å². The Kier molecular flexibility index (Phi) is 4.87. The highest BCUT2D eigenvalue weighted by molar-refractivity contribution is 6.30. The molecule has 3 rings (SSSR count). The molecule has 0 spiro atoms. The van der Waals surface area contributed by atoms with Gasteiger partial charge < -0.3 is 15.1 Å². The molecule has 2 aliphatic rings. The van der Waals surface area contributed by atoms with E-state index in [1.807, 2.05) is 29.2 Å². The summed E-state index contributed by atoms with van der Waals surface area (Å²) in [6, 6.07) is 7.31. The maximum Gasteiger partial charge on any atom is 0.245 e. The monoisotopic (exact) mass is 335 g/mol. The van der Waals surface area contributed by atoms with Crippen molar-refractivity contribution in [1.29, 1.82) is 0 Å². The third-order valence-corrected chi connectivity index (χ3v) is 4.94. The van der Waals surface area contributed by atoms with Crippen molar-refractivity contribution in [2.45, 2.75) is 31.8 Å². The normalized spacial score (nSPS) is 24.8. The molecule has 1 aromatic carbocycles. The van der Waals surface area contributed by atoms with Crippen LogP contribution in [0.25, 0.3) is 0 Å². The van der Waals surface area contributed by atoms with Crippen LogP contribution in [0, 0.1) is 0 Å². The molecule has 2 saturated heterocycles. The van der Waals surface area contributed by atoms with E-state index in [0.717, 1.165) is 24.9 Å². The van der Waals surface area contributed by atoms with Crippen LogP contribution in [0.5, 0.6) is 0 Å². The first kappa shape index (κ1) is 16.3. The molecule has 0 aromatic heterocycles. The number of hydrogen-bond acceptors (Lipinski definition) is 3. The molecule has 2 atom stereocenters. The third kappa shape index (κ3) is 3.35. The molecule has 0 aliphatic carbocycles. The highest BCUT2D eigenvalue weighted by atomic mass is 35.5. The first-order valence-electron chi connectivity index (χ1n) is 8.12. The van der Waals surface area contributed by atoms with Crippen LogP contribution in [0.2, 0.25) is 5.02 Å². The van der Waals surface area contributed by atoms with Crippen LogP contribution in [0.4, 0.5) is 0 Å². The SMILES string of the molecule is CC(=O)N1CCCC1C(=O)N1CCNCC1c1cccc(Cl)c1. The smallest absolute Gasteiger partial charge is 0.245 e. The predicted molar refractivity (Wildman–Crippen MR) is 89.2 cm³/mol. The lowest BCUT2D eigenvalue weighted by atomic mass is 10.0. The van der Waals surface area contributed by atoms with Crippen LogP contribution in [-0.4, -0.2) is 53.8 Å². The van der Waals surface area contributed by atoms with Crippen molar-refractivity contribution in [3.05, 3.63) is 34.9 Å².